The molecule has 9 rings (SSSR count). The van der Waals surface area contributed by atoms with Gasteiger partial charge in [-0.05, 0) is 160 Å². The first-order valence-corrected chi connectivity index (χ1v) is 24.0. The maximum absolute atomic E-state index is 13.0. The van der Waals surface area contributed by atoms with Crippen LogP contribution in [0.2, 0.25) is 0 Å². The largest absolute Gasteiger partial charge is 0.492 e. The number of benzene rings is 4. The van der Waals surface area contributed by atoms with E-state index in [1.165, 1.54) is 62.7 Å². The molecule has 5 fully saturated rings. The summed E-state index contributed by atoms with van der Waals surface area (Å²) in [7, 11) is -3.48. The lowest BCUT2D eigenvalue weighted by Crippen LogP contribution is -2.32. The summed E-state index contributed by atoms with van der Waals surface area (Å²) in [6, 6.07) is 27.9. The van der Waals surface area contributed by atoms with Crippen molar-refractivity contribution in [3.8, 4) is 23.0 Å². The molecule has 12 nitrogen and oxygen atoms in total. The molecule has 3 heterocycles. The van der Waals surface area contributed by atoms with Gasteiger partial charge in [-0.25, -0.2) is 0 Å². The highest BCUT2D eigenvalue weighted by atomic mass is 32.2. The number of hydrogen-bond acceptors (Lipinski definition) is 10. The van der Waals surface area contributed by atoms with Crippen LogP contribution in [0.5, 0.6) is 23.0 Å². The van der Waals surface area contributed by atoms with Gasteiger partial charge in [0.05, 0.1) is 6.26 Å². The van der Waals surface area contributed by atoms with E-state index in [-0.39, 0.29) is 25.0 Å². The number of nitrogens with zero attached hydrogens (tertiary/aromatic N) is 3. The minimum absolute atomic E-state index is 0.0355. The highest BCUT2D eigenvalue weighted by Gasteiger charge is 2.36. The van der Waals surface area contributed by atoms with Crippen molar-refractivity contribution in [2.45, 2.75) is 89.3 Å². The number of amides is 2. The molecule has 2 unspecified atom stereocenters. The summed E-state index contributed by atoms with van der Waals surface area (Å²) in [4.78, 5) is 31.9. The molecule has 0 bridgehead atoms. The normalized spacial score (nSPS) is 20.3. The van der Waals surface area contributed by atoms with Gasteiger partial charge in [0.15, 0.2) is 12.2 Å². The van der Waals surface area contributed by atoms with Gasteiger partial charge in [0.25, 0.3) is 21.9 Å². The minimum atomic E-state index is -3.48. The second kappa shape index (κ2) is 19.5. The van der Waals surface area contributed by atoms with E-state index in [1.807, 2.05) is 67.3 Å². The topological polar surface area (TPSA) is 124 Å². The van der Waals surface area contributed by atoms with Crippen LogP contribution in [-0.2, 0) is 23.9 Å². The van der Waals surface area contributed by atoms with Crippen LogP contribution in [-0.4, -0.2) is 96.1 Å². The Kier molecular flexibility index (Phi) is 13.7. The second-order valence-electron chi connectivity index (χ2n) is 17.1. The Morgan fingerprint density at radius 1 is 0.565 bits per heavy atom. The minimum Gasteiger partial charge on any atom is -0.492 e. The highest BCUT2D eigenvalue weighted by Crippen LogP contribution is 2.41. The zero-order valence-corrected chi connectivity index (χ0v) is 36.9. The van der Waals surface area contributed by atoms with E-state index < -0.39 is 22.3 Å². The van der Waals surface area contributed by atoms with Crippen molar-refractivity contribution in [3.05, 3.63) is 107 Å². The molecule has 13 heteroatoms. The van der Waals surface area contributed by atoms with Crippen LogP contribution in [0.1, 0.15) is 85.5 Å². The monoisotopic (exact) mass is 865 g/mol. The van der Waals surface area contributed by atoms with Gasteiger partial charge >= 0.3 is 0 Å². The summed E-state index contributed by atoms with van der Waals surface area (Å²) < 4.78 is 50.2. The summed E-state index contributed by atoms with van der Waals surface area (Å²) in [5, 5.41) is 0. The summed E-state index contributed by atoms with van der Waals surface area (Å²) in [5.41, 5.74) is 6.34. The molecule has 3 aliphatic heterocycles. The predicted molar refractivity (Wildman–Crippen MR) is 239 cm³/mol. The number of carbonyl (C=O) groups excluding carboxylic acids is 2. The third-order valence-corrected chi connectivity index (χ3v) is 12.8. The lowest BCUT2D eigenvalue weighted by atomic mass is 10.1. The van der Waals surface area contributed by atoms with Crippen molar-refractivity contribution in [2.24, 2.45) is 0 Å². The third kappa shape index (κ3) is 11.5. The summed E-state index contributed by atoms with van der Waals surface area (Å²) in [6.45, 7) is 9.32. The summed E-state index contributed by atoms with van der Waals surface area (Å²) in [5.74, 6) is 4.43. The van der Waals surface area contributed by atoms with Gasteiger partial charge in [0.1, 0.15) is 42.8 Å². The van der Waals surface area contributed by atoms with Gasteiger partial charge in [-0.15, -0.1) is 0 Å². The van der Waals surface area contributed by atoms with E-state index in [0.717, 1.165) is 58.5 Å². The molecule has 2 saturated carbocycles. The van der Waals surface area contributed by atoms with Crippen LogP contribution in [0.3, 0.4) is 0 Å². The number of aryl methyl sites for hydroxylation is 2. The molecule has 2 aliphatic carbocycles. The number of rotatable bonds is 17. The number of anilines is 2. The van der Waals surface area contributed by atoms with Crippen LogP contribution < -0.4 is 28.7 Å². The number of ether oxygens (including phenoxy) is 4. The number of carbonyl (C=O) groups is 2. The zero-order chi connectivity index (χ0) is 43.2. The zero-order valence-electron chi connectivity index (χ0n) is 36.1. The molecule has 330 valence electrons. The maximum atomic E-state index is 13.0. The van der Waals surface area contributed by atoms with Gasteiger partial charge < -0.3 is 28.7 Å². The van der Waals surface area contributed by atoms with Crippen molar-refractivity contribution in [3.63, 3.8) is 0 Å². The smallest absolute Gasteiger partial charge is 0.268 e. The SMILES string of the molecule is Cc1cc(N2CCC(Oc3ccc(C4CC4)cc3)C2=O)ccc1OCCN1CCCC1.Cc1cc(N2CCC(Oc3ccc(C4CC4)cc3)C2=O)ccc1OCCOS(C)(=O)=O. The first-order chi connectivity index (χ1) is 30.0. The molecule has 4 aromatic carbocycles. The van der Waals surface area contributed by atoms with Gasteiger partial charge in [0.2, 0.25) is 0 Å². The first-order valence-electron chi connectivity index (χ1n) is 22.2. The van der Waals surface area contributed by atoms with E-state index in [4.69, 9.17) is 18.9 Å². The van der Waals surface area contributed by atoms with Crippen molar-refractivity contribution < 1.29 is 41.1 Å². The highest BCUT2D eigenvalue weighted by molar-refractivity contribution is 7.85. The average Bonchev–Trinajstić information content (AvgIpc) is 4.17. The summed E-state index contributed by atoms with van der Waals surface area (Å²) >= 11 is 0. The van der Waals surface area contributed by atoms with Gasteiger partial charge in [-0.1, -0.05) is 24.3 Å². The van der Waals surface area contributed by atoms with Crippen LogP contribution in [0.4, 0.5) is 11.4 Å². The predicted octanol–water partition coefficient (Wildman–Crippen LogP) is 7.94. The standard InChI is InChI=1S/C26H32N2O3.C23H27NO6S/c1-19-18-22(8-11-24(19)30-17-16-27-13-2-3-14-27)28-15-12-25(26(28)29)31-23-9-6-21(7-10-23)20-4-5-20;1-16-15-19(7-10-21(16)28-13-14-29-31(2,26)27)24-12-11-22(23(24)25)30-20-8-5-18(6-9-20)17-3-4-17/h6-11,18,20,25H,2-5,12-17H2,1H3;5-10,15,17,22H,3-4,11-14H2,1-2H3. The van der Waals surface area contributed by atoms with E-state index in [1.54, 1.807) is 11.0 Å². The Morgan fingerprint density at radius 3 is 1.44 bits per heavy atom. The fraction of sp³-hybridized carbons (Fsp3) is 0.469. The van der Waals surface area contributed by atoms with Gasteiger partial charge in [-0.3, -0.25) is 18.7 Å². The molecule has 0 N–H and O–H groups in total. The lowest BCUT2D eigenvalue weighted by molar-refractivity contribution is -0.123. The molecule has 0 spiro atoms. The second-order valence-corrected chi connectivity index (χ2v) is 18.8. The molecule has 2 amide bonds. The van der Waals surface area contributed by atoms with E-state index in [9.17, 15) is 18.0 Å². The Bertz CT molecular complexity index is 2290. The van der Waals surface area contributed by atoms with Gasteiger partial charge in [-0.2, -0.15) is 8.42 Å². The van der Waals surface area contributed by atoms with E-state index >= 15 is 0 Å². The number of likely N-dealkylation sites (tertiary alicyclic amines) is 1. The van der Waals surface area contributed by atoms with Crippen molar-refractivity contribution in [1.82, 2.24) is 4.90 Å². The Morgan fingerprint density at radius 2 is 1.02 bits per heavy atom. The summed E-state index contributed by atoms with van der Waals surface area (Å²) in [6.07, 6.45) is 9.12. The maximum Gasteiger partial charge on any atom is 0.268 e. The molecule has 0 radical (unpaired) electrons. The fourth-order valence-corrected chi connectivity index (χ4v) is 8.76. The quantitative estimate of drug-likeness (QED) is 0.0764. The Balaban J connectivity index is 0.000000171. The van der Waals surface area contributed by atoms with Crippen molar-refractivity contribution >= 4 is 33.3 Å². The molecule has 4 aromatic rings. The fourth-order valence-electron chi connectivity index (χ4n) is 8.39. The van der Waals surface area contributed by atoms with E-state index in [2.05, 4.69) is 39.4 Å². The van der Waals surface area contributed by atoms with Crippen LogP contribution in [0.15, 0.2) is 84.9 Å². The van der Waals surface area contributed by atoms with Crippen LogP contribution >= 0.6 is 0 Å². The van der Waals surface area contributed by atoms with Crippen LogP contribution in [0.25, 0.3) is 0 Å². The molecule has 62 heavy (non-hydrogen) atoms. The third-order valence-electron chi connectivity index (χ3n) is 12.2. The molecule has 0 aromatic heterocycles. The number of hydrogen-bond donors (Lipinski definition) is 0. The first kappa shape index (κ1) is 43.5. The molecule has 3 saturated heterocycles. The van der Waals surface area contributed by atoms with Crippen molar-refractivity contribution in [1.29, 1.82) is 0 Å². The molecule has 2 atom stereocenters. The lowest BCUT2D eigenvalue weighted by Gasteiger charge is -2.20. The van der Waals surface area contributed by atoms with Crippen molar-refractivity contribution in [2.75, 3.05) is 68.6 Å². The van der Waals surface area contributed by atoms with Gasteiger partial charge in [0, 0.05) is 43.9 Å². The Hall–Kier alpha value is -5.11. The molecular formula is C49H59N3O9S. The Labute approximate surface area is 366 Å². The van der Waals surface area contributed by atoms with Crippen LogP contribution in [0, 0.1) is 13.8 Å². The average molecular weight is 866 g/mol. The van der Waals surface area contributed by atoms with E-state index in [0.29, 0.717) is 44.2 Å². The molecule has 5 aliphatic rings. The molecular weight excluding hydrogens is 807 g/mol.